The van der Waals surface area contributed by atoms with E-state index in [4.69, 9.17) is 9.31 Å². The summed E-state index contributed by atoms with van der Waals surface area (Å²) in [5.74, 6) is 2.92. The highest BCUT2D eigenvalue weighted by molar-refractivity contribution is 6.51. The Hall–Kier alpha value is -0.275. The fraction of sp³-hybridized carbons (Fsp3) is 0.857. The summed E-state index contributed by atoms with van der Waals surface area (Å²) in [6.07, 6.45) is 5.20. The van der Waals surface area contributed by atoms with Crippen LogP contribution in [0.3, 0.4) is 0 Å². The maximum Gasteiger partial charge on any atom is 0.487 e. The van der Waals surface area contributed by atoms with Gasteiger partial charge in [-0.15, -0.1) is 0 Å². The van der Waals surface area contributed by atoms with Crippen LogP contribution in [0.5, 0.6) is 0 Å². The molecular weight excluding hydrogens is 211 g/mol. The van der Waals surface area contributed by atoms with Gasteiger partial charge in [-0.25, -0.2) is 0 Å². The van der Waals surface area contributed by atoms with Crippen LogP contribution in [0.15, 0.2) is 11.5 Å². The van der Waals surface area contributed by atoms with Gasteiger partial charge in [-0.2, -0.15) is 0 Å². The molecule has 2 aliphatic rings. The first-order valence-electron chi connectivity index (χ1n) is 6.88. The normalized spacial score (nSPS) is 34.3. The Bertz CT molecular complexity index is 304. The number of hydrogen-bond donors (Lipinski definition) is 0. The molecule has 1 unspecified atom stereocenters. The van der Waals surface area contributed by atoms with Gasteiger partial charge in [0.1, 0.15) is 0 Å². The Morgan fingerprint density at radius 3 is 2.24 bits per heavy atom. The average Bonchev–Trinajstić information content (AvgIpc) is 2.39. The lowest BCUT2D eigenvalue weighted by Gasteiger charge is -2.32. The monoisotopic (exact) mass is 236 g/mol. The Kier molecular flexibility index (Phi) is 3.43. The van der Waals surface area contributed by atoms with Crippen molar-refractivity contribution in [2.24, 2.45) is 5.92 Å². The quantitative estimate of drug-likeness (QED) is 0.645. The van der Waals surface area contributed by atoms with Crippen molar-refractivity contribution in [3.05, 3.63) is 11.5 Å². The molecule has 2 nitrogen and oxygen atoms in total. The molecule has 1 aliphatic heterocycles. The van der Waals surface area contributed by atoms with Crippen LogP contribution in [-0.2, 0) is 9.31 Å². The van der Waals surface area contributed by atoms with Gasteiger partial charge in [0.25, 0.3) is 0 Å². The molecule has 1 saturated carbocycles. The fourth-order valence-electron chi connectivity index (χ4n) is 2.59. The molecule has 1 aliphatic carbocycles. The average molecular weight is 236 g/mol. The lowest BCUT2D eigenvalue weighted by Crippen LogP contribution is -2.41. The molecule has 0 spiro atoms. The van der Waals surface area contributed by atoms with Crippen LogP contribution >= 0.6 is 0 Å². The van der Waals surface area contributed by atoms with Crippen molar-refractivity contribution in [2.45, 2.75) is 71.5 Å². The van der Waals surface area contributed by atoms with Gasteiger partial charge in [0.15, 0.2) is 0 Å². The summed E-state index contributed by atoms with van der Waals surface area (Å²) in [4.78, 5) is 0. The SMILES string of the molecule is CC1CCCCC1=CB1OC(C)(C)C(C)(C)O1. The van der Waals surface area contributed by atoms with Crippen molar-refractivity contribution in [3.63, 3.8) is 0 Å². The zero-order valence-corrected chi connectivity index (χ0v) is 11.9. The Labute approximate surface area is 106 Å². The van der Waals surface area contributed by atoms with Gasteiger partial charge in [-0.3, -0.25) is 0 Å². The van der Waals surface area contributed by atoms with E-state index in [1.807, 2.05) is 0 Å². The zero-order valence-electron chi connectivity index (χ0n) is 11.9. The minimum Gasteiger partial charge on any atom is -0.400 e. The van der Waals surface area contributed by atoms with Gasteiger partial charge in [-0.05, 0) is 52.9 Å². The zero-order chi connectivity index (χ0) is 12.7. The minimum atomic E-state index is -0.216. The van der Waals surface area contributed by atoms with Gasteiger partial charge in [-0.1, -0.05) is 24.9 Å². The molecule has 17 heavy (non-hydrogen) atoms. The standard InChI is InChI=1S/C14H25BO2/c1-11-8-6-7-9-12(11)10-15-16-13(2,3)14(4,5)17-15/h10-11H,6-9H2,1-5H3. The van der Waals surface area contributed by atoms with Gasteiger partial charge in [0, 0.05) is 0 Å². The second-order valence-corrected chi connectivity index (χ2v) is 6.51. The molecule has 1 atom stereocenters. The summed E-state index contributed by atoms with van der Waals surface area (Å²) in [6, 6.07) is 0. The Morgan fingerprint density at radius 2 is 1.71 bits per heavy atom. The summed E-state index contributed by atoms with van der Waals surface area (Å²) in [6.45, 7) is 10.7. The molecule has 1 saturated heterocycles. The summed E-state index contributed by atoms with van der Waals surface area (Å²) in [5.41, 5.74) is 1.09. The van der Waals surface area contributed by atoms with Gasteiger partial charge in [0.05, 0.1) is 11.2 Å². The van der Waals surface area contributed by atoms with E-state index in [1.165, 1.54) is 31.3 Å². The molecule has 96 valence electrons. The lowest BCUT2D eigenvalue weighted by molar-refractivity contribution is 0.00578. The first-order valence-corrected chi connectivity index (χ1v) is 6.88. The summed E-state index contributed by atoms with van der Waals surface area (Å²) >= 11 is 0. The van der Waals surface area contributed by atoms with Crippen LogP contribution in [0.1, 0.15) is 60.3 Å². The summed E-state index contributed by atoms with van der Waals surface area (Å²) < 4.78 is 12.0. The van der Waals surface area contributed by atoms with Gasteiger partial charge < -0.3 is 9.31 Å². The molecule has 0 aromatic carbocycles. The third-order valence-corrected chi connectivity index (χ3v) is 4.61. The van der Waals surface area contributed by atoms with Crippen molar-refractivity contribution < 1.29 is 9.31 Å². The first-order chi connectivity index (χ1) is 7.82. The molecule has 2 fully saturated rings. The minimum absolute atomic E-state index is 0.157. The van der Waals surface area contributed by atoms with Crippen LogP contribution in [-0.4, -0.2) is 18.3 Å². The number of allylic oxidation sites excluding steroid dienone is 1. The van der Waals surface area contributed by atoms with Crippen LogP contribution in [0, 0.1) is 5.92 Å². The highest BCUT2D eigenvalue weighted by Crippen LogP contribution is 2.38. The molecule has 0 amide bonds. The van der Waals surface area contributed by atoms with E-state index in [-0.39, 0.29) is 18.3 Å². The topological polar surface area (TPSA) is 18.5 Å². The molecule has 1 heterocycles. The largest absolute Gasteiger partial charge is 0.487 e. The van der Waals surface area contributed by atoms with Gasteiger partial charge in [0.2, 0.25) is 0 Å². The van der Waals surface area contributed by atoms with E-state index in [2.05, 4.69) is 40.6 Å². The van der Waals surface area contributed by atoms with Crippen molar-refractivity contribution in [2.75, 3.05) is 0 Å². The summed E-state index contributed by atoms with van der Waals surface area (Å²) in [5, 5.41) is 0. The van der Waals surface area contributed by atoms with Crippen LogP contribution in [0.4, 0.5) is 0 Å². The van der Waals surface area contributed by atoms with E-state index in [0.29, 0.717) is 5.92 Å². The van der Waals surface area contributed by atoms with E-state index >= 15 is 0 Å². The number of rotatable bonds is 1. The molecule has 2 rings (SSSR count). The number of hydrogen-bond acceptors (Lipinski definition) is 2. The van der Waals surface area contributed by atoms with E-state index in [9.17, 15) is 0 Å². The second-order valence-electron chi connectivity index (χ2n) is 6.51. The fourth-order valence-corrected chi connectivity index (χ4v) is 2.59. The lowest BCUT2D eigenvalue weighted by atomic mass is 9.77. The second kappa shape index (κ2) is 4.44. The Balaban J connectivity index is 2.08. The van der Waals surface area contributed by atoms with Crippen LogP contribution < -0.4 is 0 Å². The van der Waals surface area contributed by atoms with Crippen molar-refractivity contribution in [3.8, 4) is 0 Å². The van der Waals surface area contributed by atoms with Crippen LogP contribution in [0.25, 0.3) is 0 Å². The predicted octanol–water partition coefficient (Wildman–Crippen LogP) is 3.75. The third-order valence-electron chi connectivity index (χ3n) is 4.61. The highest BCUT2D eigenvalue weighted by atomic mass is 16.7. The molecule has 0 aromatic rings. The maximum absolute atomic E-state index is 6.02. The van der Waals surface area contributed by atoms with Crippen molar-refractivity contribution >= 4 is 7.12 Å². The molecular formula is C14H25BO2. The van der Waals surface area contributed by atoms with E-state index in [1.54, 1.807) is 0 Å². The molecule has 0 N–H and O–H groups in total. The van der Waals surface area contributed by atoms with E-state index < -0.39 is 0 Å². The maximum atomic E-state index is 6.02. The van der Waals surface area contributed by atoms with E-state index in [0.717, 1.165) is 0 Å². The van der Waals surface area contributed by atoms with Crippen LogP contribution in [0.2, 0.25) is 0 Å². The summed E-state index contributed by atoms with van der Waals surface area (Å²) in [7, 11) is -0.157. The molecule has 3 heteroatoms. The highest BCUT2D eigenvalue weighted by Gasteiger charge is 2.50. The smallest absolute Gasteiger partial charge is 0.400 e. The third kappa shape index (κ3) is 2.60. The molecule has 0 bridgehead atoms. The van der Waals surface area contributed by atoms with Crippen molar-refractivity contribution in [1.29, 1.82) is 0 Å². The first kappa shape index (κ1) is 13.2. The van der Waals surface area contributed by atoms with Gasteiger partial charge >= 0.3 is 7.12 Å². The van der Waals surface area contributed by atoms with Crippen molar-refractivity contribution in [1.82, 2.24) is 0 Å². The molecule has 0 radical (unpaired) electrons. The predicted molar refractivity (Wildman–Crippen MR) is 71.8 cm³/mol. The Morgan fingerprint density at radius 1 is 1.12 bits per heavy atom. The molecule has 0 aromatic heterocycles.